The van der Waals surface area contributed by atoms with Crippen LogP contribution in [-0.4, -0.2) is 23.2 Å². The average Bonchev–Trinajstić information content (AvgIpc) is 3.04. The Hall–Kier alpha value is -2.13. The van der Waals surface area contributed by atoms with Gasteiger partial charge >= 0.3 is 0 Å². The minimum absolute atomic E-state index is 0.135. The summed E-state index contributed by atoms with van der Waals surface area (Å²) < 4.78 is 36.8. The lowest BCUT2D eigenvalue weighted by Crippen LogP contribution is -2.14. The van der Waals surface area contributed by atoms with Gasteiger partial charge in [0.1, 0.15) is 4.90 Å². The summed E-state index contributed by atoms with van der Waals surface area (Å²) in [5.74, 6) is 0.563. The number of aromatic nitrogens is 3. The number of aryl methyl sites for hydroxylation is 1. The first-order valence-corrected chi connectivity index (χ1v) is 9.73. The molecule has 0 fully saturated rings. The minimum Gasteiger partial charge on any atom is -0.421 e. The van der Waals surface area contributed by atoms with Crippen LogP contribution in [0.25, 0.3) is 11.5 Å². The topological polar surface area (TPSA) is 90.0 Å². The first kappa shape index (κ1) is 17.7. The van der Waals surface area contributed by atoms with E-state index in [0.717, 1.165) is 10.2 Å². The maximum absolute atomic E-state index is 13.1. The number of anilines is 1. The normalized spacial score (nSPS) is 11.7. The van der Waals surface area contributed by atoms with Crippen molar-refractivity contribution in [3.05, 3.63) is 46.0 Å². The van der Waals surface area contributed by atoms with Gasteiger partial charge in [0, 0.05) is 35.5 Å². The molecule has 0 aliphatic heterocycles. The lowest BCUT2D eigenvalue weighted by atomic mass is 10.2. The molecule has 0 spiro atoms. The molecule has 25 heavy (non-hydrogen) atoms. The van der Waals surface area contributed by atoms with Gasteiger partial charge in [0.25, 0.3) is 15.9 Å². The molecular formula is C16H17BrN4O3S. The molecule has 0 aliphatic rings. The van der Waals surface area contributed by atoms with Gasteiger partial charge in [-0.25, -0.2) is 8.42 Å². The molecule has 1 aromatic carbocycles. The van der Waals surface area contributed by atoms with Gasteiger partial charge in [-0.05, 0) is 32.0 Å². The van der Waals surface area contributed by atoms with E-state index in [9.17, 15) is 8.42 Å². The zero-order valence-corrected chi connectivity index (χ0v) is 16.6. The monoisotopic (exact) mass is 424 g/mol. The van der Waals surface area contributed by atoms with Gasteiger partial charge in [0.05, 0.1) is 5.56 Å². The molecule has 0 bridgehead atoms. The van der Waals surface area contributed by atoms with Crippen LogP contribution in [0.3, 0.4) is 0 Å². The molecule has 0 aliphatic carbocycles. The van der Waals surface area contributed by atoms with Crippen molar-refractivity contribution < 1.29 is 12.8 Å². The summed E-state index contributed by atoms with van der Waals surface area (Å²) in [4.78, 5) is 0.135. The number of nitrogens with zero attached hydrogens (tertiary/aromatic N) is 3. The van der Waals surface area contributed by atoms with Crippen LogP contribution >= 0.6 is 15.9 Å². The maximum Gasteiger partial charge on any atom is 0.264 e. The van der Waals surface area contributed by atoms with Crippen molar-refractivity contribution in [2.75, 3.05) is 4.72 Å². The van der Waals surface area contributed by atoms with Crippen LogP contribution in [0.1, 0.15) is 17.3 Å². The molecule has 0 saturated heterocycles. The van der Waals surface area contributed by atoms with Gasteiger partial charge in [-0.3, -0.25) is 4.72 Å². The molecule has 2 aromatic heterocycles. The van der Waals surface area contributed by atoms with E-state index < -0.39 is 10.0 Å². The molecular weight excluding hydrogens is 408 g/mol. The van der Waals surface area contributed by atoms with Gasteiger partial charge in [-0.15, -0.1) is 10.2 Å². The first-order valence-electron chi connectivity index (χ1n) is 7.45. The van der Waals surface area contributed by atoms with E-state index in [0.29, 0.717) is 22.8 Å². The van der Waals surface area contributed by atoms with E-state index in [-0.39, 0.29) is 10.8 Å². The van der Waals surface area contributed by atoms with Crippen LogP contribution in [0.2, 0.25) is 0 Å². The number of halogens is 1. The molecule has 3 rings (SSSR count). The summed E-state index contributed by atoms with van der Waals surface area (Å²) in [7, 11) is -2.05. The molecule has 0 unspecified atom stereocenters. The summed E-state index contributed by atoms with van der Waals surface area (Å²) in [5, 5.41) is 7.81. The molecule has 0 saturated carbocycles. The predicted octanol–water partition coefficient (Wildman–Crippen LogP) is 3.56. The molecule has 132 valence electrons. The smallest absolute Gasteiger partial charge is 0.264 e. The highest BCUT2D eigenvalue weighted by Crippen LogP contribution is 2.35. The second-order valence-electron chi connectivity index (χ2n) is 5.68. The number of rotatable bonds is 4. The molecule has 2 heterocycles. The Morgan fingerprint density at radius 2 is 1.88 bits per heavy atom. The van der Waals surface area contributed by atoms with Gasteiger partial charge in [0.2, 0.25) is 5.89 Å². The average molecular weight is 425 g/mol. The van der Waals surface area contributed by atoms with Crippen LogP contribution in [0.5, 0.6) is 0 Å². The van der Waals surface area contributed by atoms with E-state index in [2.05, 4.69) is 30.8 Å². The van der Waals surface area contributed by atoms with Crippen LogP contribution in [0.4, 0.5) is 5.69 Å². The summed E-state index contributed by atoms with van der Waals surface area (Å²) in [5.41, 5.74) is 2.20. The van der Waals surface area contributed by atoms with Gasteiger partial charge < -0.3 is 8.98 Å². The number of benzene rings is 1. The number of hydrogen-bond donors (Lipinski definition) is 1. The minimum atomic E-state index is -3.85. The molecule has 0 atom stereocenters. The largest absolute Gasteiger partial charge is 0.421 e. The van der Waals surface area contributed by atoms with Crippen LogP contribution in [-0.2, 0) is 17.1 Å². The maximum atomic E-state index is 13.1. The lowest BCUT2D eigenvalue weighted by Gasteiger charge is -2.10. The van der Waals surface area contributed by atoms with Crippen LogP contribution in [0.15, 0.2) is 38.1 Å². The van der Waals surface area contributed by atoms with Crippen molar-refractivity contribution in [1.82, 2.24) is 14.8 Å². The van der Waals surface area contributed by atoms with Crippen molar-refractivity contribution in [1.29, 1.82) is 0 Å². The third-order valence-corrected chi connectivity index (χ3v) is 6.04. The SMILES string of the molecule is Cc1nnc(-c2c(S(=O)(=O)Nc3cccc(Br)c3)c(C)n(C)c2C)o1. The van der Waals surface area contributed by atoms with Crippen molar-refractivity contribution in [2.24, 2.45) is 7.05 Å². The third kappa shape index (κ3) is 3.21. The van der Waals surface area contributed by atoms with Crippen molar-refractivity contribution in [3.8, 4) is 11.5 Å². The van der Waals surface area contributed by atoms with E-state index in [1.165, 1.54) is 0 Å². The standard InChI is InChI=1S/C16H17BrN4O3S/c1-9-14(16-19-18-11(3)24-16)15(10(2)21(9)4)25(22,23)20-13-7-5-6-12(17)8-13/h5-8,20H,1-4H3. The summed E-state index contributed by atoms with van der Waals surface area (Å²) in [6.07, 6.45) is 0. The van der Waals surface area contributed by atoms with Crippen LogP contribution in [0, 0.1) is 20.8 Å². The highest BCUT2D eigenvalue weighted by atomic mass is 79.9. The van der Waals surface area contributed by atoms with E-state index in [1.807, 2.05) is 13.0 Å². The van der Waals surface area contributed by atoms with Gasteiger partial charge in [0.15, 0.2) is 0 Å². The summed E-state index contributed by atoms with van der Waals surface area (Å²) in [6, 6.07) is 6.96. The highest BCUT2D eigenvalue weighted by Gasteiger charge is 2.30. The molecule has 7 nitrogen and oxygen atoms in total. The Kier molecular flexibility index (Phi) is 4.46. The van der Waals surface area contributed by atoms with Crippen molar-refractivity contribution >= 4 is 31.6 Å². The zero-order valence-electron chi connectivity index (χ0n) is 14.2. The van der Waals surface area contributed by atoms with Gasteiger partial charge in [-0.2, -0.15) is 0 Å². The lowest BCUT2D eigenvalue weighted by molar-refractivity contribution is 0.530. The Morgan fingerprint density at radius 3 is 2.48 bits per heavy atom. The van der Waals surface area contributed by atoms with Crippen LogP contribution < -0.4 is 4.72 Å². The predicted molar refractivity (Wildman–Crippen MR) is 97.9 cm³/mol. The van der Waals surface area contributed by atoms with Gasteiger partial charge in [-0.1, -0.05) is 22.0 Å². The second kappa shape index (κ2) is 6.30. The van der Waals surface area contributed by atoms with E-state index >= 15 is 0 Å². The quantitative estimate of drug-likeness (QED) is 0.691. The number of sulfonamides is 1. The number of hydrogen-bond acceptors (Lipinski definition) is 5. The molecule has 3 aromatic rings. The first-order chi connectivity index (χ1) is 11.7. The third-order valence-electron chi connectivity index (χ3n) is 4.01. The summed E-state index contributed by atoms with van der Waals surface area (Å²) in [6.45, 7) is 5.23. The molecule has 1 N–H and O–H groups in total. The Balaban J connectivity index is 2.17. The fraction of sp³-hybridized carbons (Fsp3) is 0.250. The fourth-order valence-corrected chi connectivity index (χ4v) is 4.62. The van der Waals surface area contributed by atoms with E-state index in [4.69, 9.17) is 4.42 Å². The Labute approximate surface area is 154 Å². The number of nitrogens with one attached hydrogen (secondary N) is 1. The fourth-order valence-electron chi connectivity index (χ4n) is 2.65. The van der Waals surface area contributed by atoms with Crippen molar-refractivity contribution in [3.63, 3.8) is 0 Å². The van der Waals surface area contributed by atoms with Crippen molar-refractivity contribution in [2.45, 2.75) is 25.7 Å². The summed E-state index contributed by atoms with van der Waals surface area (Å²) >= 11 is 3.34. The zero-order chi connectivity index (χ0) is 18.4. The Morgan fingerprint density at radius 1 is 1.16 bits per heavy atom. The molecule has 0 radical (unpaired) electrons. The molecule has 9 heteroatoms. The second-order valence-corrected chi connectivity index (χ2v) is 8.21. The Bertz CT molecular complexity index is 1050. The molecule has 0 amide bonds. The highest BCUT2D eigenvalue weighted by molar-refractivity contribution is 9.10. The van der Waals surface area contributed by atoms with E-state index in [1.54, 1.807) is 43.7 Å².